The maximum atomic E-state index is 9.43. The van der Waals surface area contributed by atoms with Crippen LogP contribution in [-0.4, -0.2) is 5.11 Å². The first-order chi connectivity index (χ1) is 7.75. The highest BCUT2D eigenvalue weighted by Crippen LogP contribution is 2.18. The van der Waals surface area contributed by atoms with Crippen molar-refractivity contribution in [2.75, 3.05) is 0 Å². The molecule has 1 nitrogen and oxygen atoms in total. The smallest absolute Gasteiger partial charge is 0.118 e. The zero-order chi connectivity index (χ0) is 11.4. The van der Waals surface area contributed by atoms with Crippen LogP contribution in [0.4, 0.5) is 0 Å². The van der Waals surface area contributed by atoms with Gasteiger partial charge in [0.15, 0.2) is 0 Å². The molecule has 0 spiro atoms. The van der Waals surface area contributed by atoms with E-state index in [2.05, 4.69) is 30.3 Å². The Kier molecular flexibility index (Phi) is 3.25. The third-order valence-electron chi connectivity index (χ3n) is 2.81. The molecule has 2 aromatic rings. The van der Waals surface area contributed by atoms with E-state index in [1.165, 1.54) is 11.1 Å². The average Bonchev–Trinajstić information content (AvgIpc) is 2.32. The standard InChI is InChI=1S/C15H16O/c1-12-11-14(9-10-15(12)16)8-7-13-5-3-2-4-6-13/h2-6,9-11,16H,7-8H2,1H3. The average molecular weight is 212 g/mol. The molecule has 0 saturated heterocycles. The largest absolute Gasteiger partial charge is 0.508 e. The Morgan fingerprint density at radius 2 is 1.56 bits per heavy atom. The quantitative estimate of drug-likeness (QED) is 0.825. The third kappa shape index (κ3) is 2.63. The molecule has 0 atom stereocenters. The van der Waals surface area contributed by atoms with Crippen molar-refractivity contribution in [1.82, 2.24) is 0 Å². The Balaban J connectivity index is 2.03. The first-order valence-electron chi connectivity index (χ1n) is 5.58. The molecule has 82 valence electrons. The summed E-state index contributed by atoms with van der Waals surface area (Å²) in [4.78, 5) is 0. The lowest BCUT2D eigenvalue weighted by Gasteiger charge is -2.04. The first-order valence-corrected chi connectivity index (χ1v) is 5.58. The summed E-state index contributed by atoms with van der Waals surface area (Å²) < 4.78 is 0. The summed E-state index contributed by atoms with van der Waals surface area (Å²) in [7, 11) is 0. The van der Waals surface area contributed by atoms with Crippen molar-refractivity contribution in [2.45, 2.75) is 19.8 Å². The number of hydrogen-bond donors (Lipinski definition) is 1. The van der Waals surface area contributed by atoms with E-state index in [0.717, 1.165) is 18.4 Å². The van der Waals surface area contributed by atoms with Crippen LogP contribution in [0.3, 0.4) is 0 Å². The molecule has 0 fully saturated rings. The molecule has 0 saturated carbocycles. The SMILES string of the molecule is Cc1cc(CCc2ccccc2)ccc1O. The van der Waals surface area contributed by atoms with Crippen molar-refractivity contribution >= 4 is 0 Å². The van der Waals surface area contributed by atoms with Gasteiger partial charge in [0.1, 0.15) is 5.75 Å². The molecule has 0 amide bonds. The molecular formula is C15H16O. The number of hydrogen-bond acceptors (Lipinski definition) is 1. The number of aromatic hydroxyl groups is 1. The summed E-state index contributed by atoms with van der Waals surface area (Å²) >= 11 is 0. The predicted molar refractivity (Wildman–Crippen MR) is 66.7 cm³/mol. The minimum absolute atomic E-state index is 0.378. The van der Waals surface area contributed by atoms with Crippen molar-refractivity contribution in [3.8, 4) is 5.75 Å². The van der Waals surface area contributed by atoms with Gasteiger partial charge in [-0.1, -0.05) is 42.5 Å². The van der Waals surface area contributed by atoms with Crippen LogP contribution in [-0.2, 0) is 12.8 Å². The van der Waals surface area contributed by atoms with E-state index in [1.54, 1.807) is 6.07 Å². The van der Waals surface area contributed by atoms with Gasteiger partial charge in [-0.05, 0) is 42.5 Å². The Bertz CT molecular complexity index is 460. The normalized spacial score (nSPS) is 10.3. The van der Waals surface area contributed by atoms with E-state index >= 15 is 0 Å². The van der Waals surface area contributed by atoms with Gasteiger partial charge in [0.05, 0.1) is 0 Å². The lowest BCUT2D eigenvalue weighted by molar-refractivity contribution is 0.471. The number of aryl methyl sites for hydroxylation is 3. The van der Waals surface area contributed by atoms with Crippen LogP contribution in [0.5, 0.6) is 5.75 Å². The van der Waals surface area contributed by atoms with Crippen LogP contribution in [0.1, 0.15) is 16.7 Å². The number of phenolic OH excluding ortho intramolecular Hbond substituents is 1. The molecule has 16 heavy (non-hydrogen) atoms. The monoisotopic (exact) mass is 212 g/mol. The van der Waals surface area contributed by atoms with Gasteiger partial charge in [-0.3, -0.25) is 0 Å². The second-order valence-electron chi connectivity index (χ2n) is 4.11. The summed E-state index contributed by atoms with van der Waals surface area (Å²) in [6, 6.07) is 16.3. The van der Waals surface area contributed by atoms with Gasteiger partial charge in [-0.25, -0.2) is 0 Å². The van der Waals surface area contributed by atoms with Crippen molar-refractivity contribution in [2.24, 2.45) is 0 Å². The third-order valence-corrected chi connectivity index (χ3v) is 2.81. The first kappa shape index (κ1) is 10.7. The molecular weight excluding hydrogens is 196 g/mol. The molecule has 0 heterocycles. The minimum Gasteiger partial charge on any atom is -0.508 e. The zero-order valence-electron chi connectivity index (χ0n) is 9.48. The fourth-order valence-electron chi connectivity index (χ4n) is 1.81. The van der Waals surface area contributed by atoms with Crippen LogP contribution in [0.15, 0.2) is 48.5 Å². The summed E-state index contributed by atoms with van der Waals surface area (Å²) in [5.41, 5.74) is 3.58. The molecule has 0 unspecified atom stereocenters. The van der Waals surface area contributed by atoms with Crippen molar-refractivity contribution < 1.29 is 5.11 Å². The van der Waals surface area contributed by atoms with E-state index < -0.39 is 0 Å². The molecule has 2 aromatic carbocycles. The Morgan fingerprint density at radius 1 is 0.875 bits per heavy atom. The molecule has 1 N–H and O–H groups in total. The van der Waals surface area contributed by atoms with Gasteiger partial charge < -0.3 is 5.11 Å². The molecule has 0 bridgehead atoms. The molecule has 2 rings (SSSR count). The maximum absolute atomic E-state index is 9.43. The van der Waals surface area contributed by atoms with Gasteiger partial charge in [0.2, 0.25) is 0 Å². The summed E-state index contributed by atoms with van der Waals surface area (Å²) in [6.45, 7) is 1.93. The molecule has 0 aromatic heterocycles. The van der Waals surface area contributed by atoms with Gasteiger partial charge in [0, 0.05) is 0 Å². The van der Waals surface area contributed by atoms with E-state index in [-0.39, 0.29) is 0 Å². The van der Waals surface area contributed by atoms with Gasteiger partial charge >= 0.3 is 0 Å². The highest BCUT2D eigenvalue weighted by Gasteiger charge is 1.99. The van der Waals surface area contributed by atoms with E-state index in [9.17, 15) is 5.11 Å². The molecule has 0 radical (unpaired) electrons. The van der Waals surface area contributed by atoms with Crippen LogP contribution in [0.25, 0.3) is 0 Å². The van der Waals surface area contributed by atoms with Crippen LogP contribution in [0.2, 0.25) is 0 Å². The lowest BCUT2D eigenvalue weighted by atomic mass is 10.0. The molecule has 1 heteroatoms. The number of phenols is 1. The van der Waals surface area contributed by atoms with Gasteiger partial charge in [-0.2, -0.15) is 0 Å². The fraction of sp³-hybridized carbons (Fsp3) is 0.200. The Hall–Kier alpha value is -1.76. The summed E-state index contributed by atoms with van der Waals surface area (Å²) in [5, 5.41) is 9.43. The molecule has 0 aliphatic carbocycles. The summed E-state index contributed by atoms with van der Waals surface area (Å²) in [5.74, 6) is 0.378. The number of rotatable bonds is 3. The Morgan fingerprint density at radius 3 is 2.25 bits per heavy atom. The van der Waals surface area contributed by atoms with Crippen molar-refractivity contribution in [3.63, 3.8) is 0 Å². The van der Waals surface area contributed by atoms with E-state index in [0.29, 0.717) is 5.75 Å². The lowest BCUT2D eigenvalue weighted by Crippen LogP contribution is -1.91. The van der Waals surface area contributed by atoms with Crippen LogP contribution >= 0.6 is 0 Å². The zero-order valence-corrected chi connectivity index (χ0v) is 9.48. The maximum Gasteiger partial charge on any atom is 0.118 e. The topological polar surface area (TPSA) is 20.2 Å². The van der Waals surface area contributed by atoms with Crippen molar-refractivity contribution in [1.29, 1.82) is 0 Å². The van der Waals surface area contributed by atoms with Crippen LogP contribution in [0, 0.1) is 6.92 Å². The predicted octanol–water partition coefficient (Wildman–Crippen LogP) is 3.49. The molecule has 0 aliphatic heterocycles. The van der Waals surface area contributed by atoms with Gasteiger partial charge in [-0.15, -0.1) is 0 Å². The van der Waals surface area contributed by atoms with E-state index in [4.69, 9.17) is 0 Å². The van der Waals surface area contributed by atoms with Gasteiger partial charge in [0.25, 0.3) is 0 Å². The second-order valence-corrected chi connectivity index (χ2v) is 4.11. The van der Waals surface area contributed by atoms with Crippen LogP contribution < -0.4 is 0 Å². The highest BCUT2D eigenvalue weighted by atomic mass is 16.3. The Labute approximate surface area is 96.4 Å². The van der Waals surface area contributed by atoms with Crippen molar-refractivity contribution in [3.05, 3.63) is 65.2 Å². The molecule has 0 aliphatic rings. The van der Waals surface area contributed by atoms with E-state index in [1.807, 2.05) is 19.1 Å². The highest BCUT2D eigenvalue weighted by molar-refractivity contribution is 5.35. The number of benzene rings is 2. The minimum atomic E-state index is 0.378. The second kappa shape index (κ2) is 4.84. The fourth-order valence-corrected chi connectivity index (χ4v) is 1.81. The summed E-state index contributed by atoms with van der Waals surface area (Å²) in [6.07, 6.45) is 2.07.